The normalized spacial score (nSPS) is 17.5. The molecule has 3 rings (SSSR count). The third kappa shape index (κ3) is 4.73. The number of anilines is 3. The van der Waals surface area contributed by atoms with Crippen molar-refractivity contribution in [3.8, 4) is 0 Å². The molecule has 2 aromatic rings. The molecule has 9 heteroatoms. The lowest BCUT2D eigenvalue weighted by atomic mass is 10.2. The Bertz CT molecular complexity index is 736. The average Bonchev–Trinajstić information content (AvgIpc) is 3.08. The van der Waals surface area contributed by atoms with E-state index in [-0.39, 0.29) is 22.8 Å². The van der Waals surface area contributed by atoms with Gasteiger partial charge < -0.3 is 15.4 Å². The average molecular weight is 373 g/mol. The quantitative estimate of drug-likeness (QED) is 0.810. The first-order valence-electron chi connectivity index (χ1n) is 7.74. The molecule has 1 unspecified atom stereocenters. The van der Waals surface area contributed by atoms with Crippen LogP contribution in [0.1, 0.15) is 18.4 Å². The number of hydrogen-bond acceptors (Lipinski definition) is 5. The summed E-state index contributed by atoms with van der Waals surface area (Å²) >= 11 is 5.97. The van der Waals surface area contributed by atoms with Crippen molar-refractivity contribution in [2.45, 2.75) is 25.1 Å². The predicted molar refractivity (Wildman–Crippen MR) is 89.2 cm³/mol. The number of aromatic nitrogens is 2. The van der Waals surface area contributed by atoms with E-state index in [9.17, 15) is 13.2 Å². The van der Waals surface area contributed by atoms with Crippen LogP contribution in [-0.4, -0.2) is 29.2 Å². The molecule has 0 saturated carbocycles. The van der Waals surface area contributed by atoms with E-state index in [1.165, 1.54) is 12.3 Å². The summed E-state index contributed by atoms with van der Waals surface area (Å²) in [7, 11) is 0. The lowest BCUT2D eigenvalue weighted by Crippen LogP contribution is -2.19. The number of alkyl halides is 3. The number of halogens is 4. The molecule has 1 fully saturated rings. The summed E-state index contributed by atoms with van der Waals surface area (Å²) in [5.74, 6) is 0.703. The van der Waals surface area contributed by atoms with Crippen molar-refractivity contribution in [1.82, 2.24) is 9.97 Å². The van der Waals surface area contributed by atoms with Crippen LogP contribution >= 0.6 is 11.6 Å². The molecule has 0 bridgehead atoms. The van der Waals surface area contributed by atoms with Crippen molar-refractivity contribution in [2.24, 2.45) is 0 Å². The number of ether oxygens (including phenoxy) is 1. The fraction of sp³-hybridized carbons (Fsp3) is 0.375. The van der Waals surface area contributed by atoms with Crippen LogP contribution in [0.15, 0.2) is 30.5 Å². The van der Waals surface area contributed by atoms with Crippen LogP contribution in [0, 0.1) is 0 Å². The minimum Gasteiger partial charge on any atom is -0.376 e. The smallest absolute Gasteiger partial charge is 0.376 e. The summed E-state index contributed by atoms with van der Waals surface area (Å²) in [5.41, 5.74) is -0.708. The van der Waals surface area contributed by atoms with Crippen molar-refractivity contribution in [2.75, 3.05) is 23.8 Å². The largest absolute Gasteiger partial charge is 0.416 e. The first kappa shape index (κ1) is 17.8. The van der Waals surface area contributed by atoms with E-state index in [0.29, 0.717) is 12.4 Å². The van der Waals surface area contributed by atoms with E-state index in [1.807, 2.05) is 0 Å². The molecule has 1 aromatic carbocycles. The van der Waals surface area contributed by atoms with Gasteiger partial charge in [0.25, 0.3) is 0 Å². The van der Waals surface area contributed by atoms with Gasteiger partial charge in [-0.25, -0.2) is 4.98 Å². The summed E-state index contributed by atoms with van der Waals surface area (Å²) in [4.78, 5) is 8.25. The molecule has 5 nitrogen and oxygen atoms in total. The minimum absolute atomic E-state index is 0.0905. The van der Waals surface area contributed by atoms with Gasteiger partial charge in [0, 0.05) is 19.3 Å². The molecule has 1 saturated heterocycles. The molecule has 2 heterocycles. The van der Waals surface area contributed by atoms with Crippen molar-refractivity contribution in [1.29, 1.82) is 0 Å². The van der Waals surface area contributed by atoms with Gasteiger partial charge >= 0.3 is 6.18 Å². The molecule has 25 heavy (non-hydrogen) atoms. The van der Waals surface area contributed by atoms with Crippen LogP contribution in [0.5, 0.6) is 0 Å². The standard InChI is InChI=1S/C16H16ClF3N4O/c17-12-4-3-10(16(18,19)20)8-13(12)23-15-21-6-5-14(24-15)22-9-11-2-1-7-25-11/h3-6,8,11H,1-2,7,9H2,(H2,21,22,23,24). The van der Waals surface area contributed by atoms with Crippen LogP contribution in [0.4, 0.5) is 30.6 Å². The highest BCUT2D eigenvalue weighted by Gasteiger charge is 2.31. The fourth-order valence-corrected chi connectivity index (χ4v) is 2.62. The number of rotatable bonds is 5. The van der Waals surface area contributed by atoms with E-state index in [1.54, 1.807) is 6.07 Å². The number of nitrogens with one attached hydrogen (secondary N) is 2. The van der Waals surface area contributed by atoms with Gasteiger partial charge in [0.05, 0.1) is 22.4 Å². The Kier molecular flexibility index (Phi) is 5.29. The molecule has 2 N–H and O–H groups in total. The van der Waals surface area contributed by atoms with Crippen LogP contribution in [-0.2, 0) is 10.9 Å². The molecular weight excluding hydrogens is 357 g/mol. The number of benzene rings is 1. The molecule has 1 aromatic heterocycles. The van der Waals surface area contributed by atoms with Gasteiger partial charge in [0.15, 0.2) is 0 Å². The highest BCUT2D eigenvalue weighted by molar-refractivity contribution is 6.33. The number of nitrogens with zero attached hydrogens (tertiary/aromatic N) is 2. The van der Waals surface area contributed by atoms with E-state index in [2.05, 4.69) is 20.6 Å². The van der Waals surface area contributed by atoms with Crippen molar-refractivity contribution >= 4 is 29.1 Å². The van der Waals surface area contributed by atoms with Gasteiger partial charge in [-0.3, -0.25) is 0 Å². The summed E-state index contributed by atoms with van der Waals surface area (Å²) in [6.07, 6.45) is -0.773. The summed E-state index contributed by atoms with van der Waals surface area (Å²) in [6, 6.07) is 4.71. The van der Waals surface area contributed by atoms with Gasteiger partial charge in [-0.1, -0.05) is 11.6 Å². The third-order valence-electron chi connectivity index (χ3n) is 3.73. The second-order valence-corrected chi connectivity index (χ2v) is 6.01. The monoisotopic (exact) mass is 372 g/mol. The molecule has 0 aliphatic carbocycles. The lowest BCUT2D eigenvalue weighted by molar-refractivity contribution is -0.137. The van der Waals surface area contributed by atoms with E-state index >= 15 is 0 Å². The molecule has 0 amide bonds. The molecule has 1 aliphatic rings. The Balaban J connectivity index is 1.71. The molecular formula is C16H16ClF3N4O. The Morgan fingerprint density at radius 2 is 2.12 bits per heavy atom. The van der Waals surface area contributed by atoms with E-state index < -0.39 is 11.7 Å². The fourth-order valence-electron chi connectivity index (χ4n) is 2.46. The Labute approximate surface area is 147 Å². The first-order chi connectivity index (χ1) is 11.9. The Hall–Kier alpha value is -2.06. The van der Waals surface area contributed by atoms with Crippen LogP contribution in [0.25, 0.3) is 0 Å². The molecule has 134 valence electrons. The SMILES string of the molecule is FC(F)(F)c1ccc(Cl)c(Nc2nccc(NCC3CCCO3)n2)c1. The Morgan fingerprint density at radius 3 is 2.84 bits per heavy atom. The minimum atomic E-state index is -4.45. The maximum absolute atomic E-state index is 12.8. The van der Waals surface area contributed by atoms with Crippen LogP contribution in [0.3, 0.4) is 0 Å². The molecule has 1 aliphatic heterocycles. The first-order valence-corrected chi connectivity index (χ1v) is 8.12. The number of hydrogen-bond donors (Lipinski definition) is 2. The zero-order valence-electron chi connectivity index (χ0n) is 13.1. The maximum atomic E-state index is 12.8. The Morgan fingerprint density at radius 1 is 1.28 bits per heavy atom. The summed E-state index contributed by atoms with van der Waals surface area (Å²) in [6.45, 7) is 1.37. The van der Waals surface area contributed by atoms with Gasteiger partial charge in [0.1, 0.15) is 5.82 Å². The van der Waals surface area contributed by atoms with Gasteiger partial charge in [0.2, 0.25) is 5.95 Å². The van der Waals surface area contributed by atoms with Crippen LogP contribution < -0.4 is 10.6 Å². The third-order valence-corrected chi connectivity index (χ3v) is 4.06. The van der Waals surface area contributed by atoms with Gasteiger partial charge in [-0.2, -0.15) is 18.2 Å². The van der Waals surface area contributed by atoms with Crippen molar-refractivity contribution in [3.63, 3.8) is 0 Å². The second-order valence-electron chi connectivity index (χ2n) is 5.60. The lowest BCUT2D eigenvalue weighted by Gasteiger charge is -2.13. The van der Waals surface area contributed by atoms with Gasteiger partial charge in [-0.05, 0) is 37.1 Å². The highest BCUT2D eigenvalue weighted by atomic mass is 35.5. The van der Waals surface area contributed by atoms with Gasteiger partial charge in [-0.15, -0.1) is 0 Å². The second kappa shape index (κ2) is 7.45. The molecule has 0 radical (unpaired) electrons. The van der Waals surface area contributed by atoms with Crippen LogP contribution in [0.2, 0.25) is 5.02 Å². The predicted octanol–water partition coefficient (Wildman–Crippen LogP) is 4.48. The highest BCUT2D eigenvalue weighted by Crippen LogP contribution is 2.34. The van der Waals surface area contributed by atoms with E-state index in [0.717, 1.165) is 31.6 Å². The zero-order chi connectivity index (χ0) is 17.9. The molecule has 1 atom stereocenters. The van der Waals surface area contributed by atoms with Crippen molar-refractivity contribution < 1.29 is 17.9 Å². The molecule has 0 spiro atoms. The zero-order valence-corrected chi connectivity index (χ0v) is 13.9. The topological polar surface area (TPSA) is 59.1 Å². The van der Waals surface area contributed by atoms with E-state index in [4.69, 9.17) is 16.3 Å². The summed E-state index contributed by atoms with van der Waals surface area (Å²) in [5, 5.41) is 6.01. The summed E-state index contributed by atoms with van der Waals surface area (Å²) < 4.78 is 44.0. The van der Waals surface area contributed by atoms with Crippen molar-refractivity contribution in [3.05, 3.63) is 41.0 Å². The maximum Gasteiger partial charge on any atom is 0.416 e.